The molecule has 8 aromatic rings. The normalized spacial score (nSPS) is 11.9. The monoisotopic (exact) mass is 1490 g/mol. The number of rotatable bonds is 47. The minimum absolute atomic E-state index is 1.16. The van der Waals surface area contributed by atoms with Gasteiger partial charge in [-0.3, -0.25) is 0 Å². The van der Waals surface area contributed by atoms with Crippen LogP contribution in [0.4, 0.5) is 0 Å². The van der Waals surface area contributed by atoms with E-state index in [0.29, 0.717) is 0 Å². The van der Waals surface area contributed by atoms with Gasteiger partial charge in [-0.25, -0.2) is 0 Å². The van der Waals surface area contributed by atoms with Crippen LogP contribution >= 0.6 is 123 Å². The van der Waals surface area contributed by atoms with Gasteiger partial charge in [0.2, 0.25) is 0 Å². The molecular weight excluding hydrogens is 1380 g/mol. The largest absolute Gasteiger partial charge is 0.133 e. The third-order valence-corrected chi connectivity index (χ3v) is 30.0. The highest BCUT2D eigenvalue weighted by molar-refractivity contribution is 9.11. The fraction of sp³-hybridized carbons (Fsp3) is 0.600. The van der Waals surface area contributed by atoms with Crippen molar-refractivity contribution in [3.05, 3.63) is 101 Å². The van der Waals surface area contributed by atoms with Gasteiger partial charge in [0.05, 0.1) is 7.57 Å². The summed E-state index contributed by atoms with van der Waals surface area (Å²) in [5.41, 5.74) is 12.7. The van der Waals surface area contributed by atoms with Gasteiger partial charge < -0.3 is 0 Å². The highest BCUT2D eigenvalue weighted by Crippen LogP contribution is 2.54. The molecule has 8 rings (SSSR count). The Labute approximate surface area is 597 Å². The van der Waals surface area contributed by atoms with E-state index in [-0.39, 0.29) is 0 Å². The van der Waals surface area contributed by atoms with Crippen LogP contribution in [0.1, 0.15) is 305 Å². The van der Waals surface area contributed by atoms with Crippen LogP contribution < -0.4 is 0 Å². The molecule has 0 aromatic carbocycles. The van der Waals surface area contributed by atoms with E-state index in [0.717, 1.165) is 12.8 Å². The standard InChI is InChI=1S/C80H112Br2S8/c1-9-17-25-33-41-57-49-65(83-73(57)75-59(43-35-27-19-11-3)51-67(85-75)69-53-61(45-37-29-21-13-5)77(87-69)79-63(55-71(81)89-79)47-39-31-23-15-7)66-50-58(42-34-26-18-10-2)74(84-66)76-60(44-36-28-20-12-4)52-68(86-76)70-54-62(46-38-30-22-14-6)78(88-70)80-64(56-72(82)90-80)48-40-32-24-16-8/h49-56H,9-48H2,1-8H3. The second-order valence-corrected chi connectivity index (χ2v) is 37.3. The zero-order chi connectivity index (χ0) is 63.5. The van der Waals surface area contributed by atoms with Gasteiger partial charge in [0.25, 0.3) is 0 Å². The summed E-state index contributed by atoms with van der Waals surface area (Å²) >= 11 is 24.8. The summed E-state index contributed by atoms with van der Waals surface area (Å²) in [5.74, 6) is 0. The van der Waals surface area contributed by atoms with Crippen molar-refractivity contribution in [3.8, 4) is 68.3 Å². The number of hydrogen-bond donors (Lipinski definition) is 0. The third kappa shape index (κ3) is 21.8. The molecule has 0 aliphatic carbocycles. The zero-order valence-electron chi connectivity index (χ0n) is 56.9. The maximum absolute atomic E-state index is 4.00. The molecule has 0 spiro atoms. The summed E-state index contributed by atoms with van der Waals surface area (Å²) in [6.07, 6.45) is 50.9. The summed E-state index contributed by atoms with van der Waals surface area (Å²) < 4.78 is 2.57. The second kappa shape index (κ2) is 41.0. The summed E-state index contributed by atoms with van der Waals surface area (Å²) in [7, 11) is 0. The van der Waals surface area contributed by atoms with Crippen LogP contribution in [-0.4, -0.2) is 0 Å². The maximum atomic E-state index is 4.00. The average Bonchev–Trinajstić information content (AvgIpc) is 1.69. The number of thiophene rings is 8. The fourth-order valence-corrected chi connectivity index (χ4v) is 24.7. The van der Waals surface area contributed by atoms with Crippen molar-refractivity contribution in [2.45, 2.75) is 312 Å². The molecule has 0 atom stereocenters. The van der Waals surface area contributed by atoms with Crippen molar-refractivity contribution in [3.63, 3.8) is 0 Å². The Morgan fingerprint density at radius 2 is 0.333 bits per heavy atom. The highest BCUT2D eigenvalue weighted by atomic mass is 79.9. The molecule has 0 nitrogen and oxygen atoms in total. The first kappa shape index (κ1) is 74.4. The Hall–Kier alpha value is -1.44. The van der Waals surface area contributed by atoms with Crippen LogP contribution in [0.5, 0.6) is 0 Å². The molecule has 10 heteroatoms. The van der Waals surface area contributed by atoms with Gasteiger partial charge in [-0.05, 0) is 228 Å². The number of halogens is 2. The highest BCUT2D eigenvalue weighted by Gasteiger charge is 2.27. The molecular formula is C80H112Br2S8. The molecule has 0 fully saturated rings. The van der Waals surface area contributed by atoms with E-state index in [4.69, 9.17) is 0 Å². The summed E-state index contributed by atoms with van der Waals surface area (Å²) in [5, 5.41) is 0. The first-order valence-corrected chi connectivity index (χ1v) is 44.6. The molecule has 0 saturated carbocycles. The Morgan fingerprint density at radius 3 is 0.489 bits per heavy atom. The quantitative estimate of drug-likeness (QED) is 0.0334. The van der Waals surface area contributed by atoms with Crippen LogP contribution in [0.25, 0.3) is 68.3 Å². The SMILES string of the molecule is CCCCCCc1cc(Br)sc1-c1sc(-c2cc(CCCCCC)c(-c3sc(-c4cc(CCCCCC)c(-c5sc(-c6cc(CCCCCC)c(-c7sc(Br)cc7CCCCCC)s6)cc5CCCCCC)s4)cc3CCCCCC)s2)cc1CCCCCC. The lowest BCUT2D eigenvalue weighted by Crippen LogP contribution is -1.89. The smallest absolute Gasteiger partial charge is 0.0708 e. The fourth-order valence-electron chi connectivity index (χ4n) is 13.1. The minimum Gasteiger partial charge on any atom is -0.133 e. The number of unbranched alkanes of at least 4 members (excludes halogenated alkanes) is 24. The van der Waals surface area contributed by atoms with E-state index in [1.165, 1.54) is 291 Å². The molecule has 0 unspecified atom stereocenters. The summed E-state index contributed by atoms with van der Waals surface area (Å²) in [6.45, 7) is 18.8. The van der Waals surface area contributed by atoms with Crippen molar-refractivity contribution in [1.82, 2.24) is 0 Å². The Balaban J connectivity index is 1.23. The van der Waals surface area contributed by atoms with Gasteiger partial charge in [0.15, 0.2) is 0 Å². The molecule has 0 N–H and O–H groups in total. The van der Waals surface area contributed by atoms with Gasteiger partial charge >= 0.3 is 0 Å². The number of hydrogen-bond acceptors (Lipinski definition) is 8. The first-order chi connectivity index (χ1) is 44.1. The van der Waals surface area contributed by atoms with Crippen LogP contribution in [-0.2, 0) is 51.4 Å². The number of aryl methyl sites for hydroxylation is 8. The van der Waals surface area contributed by atoms with Crippen LogP contribution in [0, 0.1) is 0 Å². The van der Waals surface area contributed by atoms with Crippen molar-refractivity contribution in [2.24, 2.45) is 0 Å². The van der Waals surface area contributed by atoms with Crippen LogP contribution in [0.15, 0.2) is 56.1 Å². The topological polar surface area (TPSA) is 0 Å². The van der Waals surface area contributed by atoms with E-state index in [1.54, 1.807) is 73.8 Å². The van der Waals surface area contributed by atoms with Gasteiger partial charge in [-0.15, -0.1) is 90.7 Å². The summed E-state index contributed by atoms with van der Waals surface area (Å²) in [4.78, 5) is 21.4. The van der Waals surface area contributed by atoms with Crippen molar-refractivity contribution in [1.29, 1.82) is 0 Å². The van der Waals surface area contributed by atoms with Crippen molar-refractivity contribution < 1.29 is 0 Å². The van der Waals surface area contributed by atoms with Gasteiger partial charge in [-0.2, -0.15) is 0 Å². The Kier molecular flexibility index (Phi) is 33.8. The second-order valence-electron chi connectivity index (χ2n) is 26.1. The lowest BCUT2D eigenvalue weighted by atomic mass is 10.0. The first-order valence-electron chi connectivity index (χ1n) is 36.5. The van der Waals surface area contributed by atoms with E-state index in [2.05, 4.69) is 204 Å². The molecule has 8 aromatic heterocycles. The average molecular weight is 1490 g/mol. The molecule has 0 bridgehead atoms. The van der Waals surface area contributed by atoms with Gasteiger partial charge in [0.1, 0.15) is 0 Å². The molecule has 494 valence electrons. The lowest BCUT2D eigenvalue weighted by Gasteiger charge is -2.06. The van der Waals surface area contributed by atoms with Gasteiger partial charge in [-0.1, -0.05) is 209 Å². The van der Waals surface area contributed by atoms with E-state index in [1.807, 2.05) is 22.7 Å². The molecule has 0 aliphatic heterocycles. The van der Waals surface area contributed by atoms with Crippen LogP contribution in [0.2, 0.25) is 0 Å². The van der Waals surface area contributed by atoms with Crippen molar-refractivity contribution in [2.75, 3.05) is 0 Å². The predicted octanol–water partition coefficient (Wildman–Crippen LogP) is 32.4. The predicted molar refractivity (Wildman–Crippen MR) is 426 cm³/mol. The zero-order valence-corrected chi connectivity index (χ0v) is 66.6. The van der Waals surface area contributed by atoms with Crippen molar-refractivity contribution >= 4 is 123 Å². The maximum Gasteiger partial charge on any atom is 0.0708 e. The van der Waals surface area contributed by atoms with Crippen LogP contribution in [0.3, 0.4) is 0 Å². The van der Waals surface area contributed by atoms with E-state index >= 15 is 0 Å². The molecule has 0 radical (unpaired) electrons. The molecule has 8 heterocycles. The third-order valence-electron chi connectivity index (χ3n) is 18.4. The Bertz CT molecular complexity index is 3080. The molecule has 90 heavy (non-hydrogen) atoms. The lowest BCUT2D eigenvalue weighted by molar-refractivity contribution is 0.666. The Morgan fingerprint density at radius 1 is 0.189 bits per heavy atom. The van der Waals surface area contributed by atoms with Gasteiger partial charge in [0, 0.05) is 68.3 Å². The summed E-state index contributed by atoms with van der Waals surface area (Å²) in [6, 6.07) is 21.0. The van der Waals surface area contributed by atoms with E-state index in [9.17, 15) is 0 Å². The molecule has 0 aliphatic rings. The molecule has 0 amide bonds. The van der Waals surface area contributed by atoms with E-state index < -0.39 is 0 Å². The molecule has 0 saturated heterocycles. The minimum atomic E-state index is 1.16.